The summed E-state index contributed by atoms with van der Waals surface area (Å²) in [5.74, 6) is 1.07. The summed E-state index contributed by atoms with van der Waals surface area (Å²) >= 11 is 0. The molecule has 0 bridgehead atoms. The lowest BCUT2D eigenvalue weighted by molar-refractivity contribution is 0.900. The van der Waals surface area contributed by atoms with Gasteiger partial charge in [-0.05, 0) is 12.5 Å². The van der Waals surface area contributed by atoms with E-state index in [2.05, 4.69) is 17.3 Å². The molecule has 3 nitrogen and oxygen atoms in total. The fourth-order valence-corrected chi connectivity index (χ4v) is 1.04. The van der Waals surface area contributed by atoms with Crippen LogP contribution in [-0.2, 0) is 0 Å². The fourth-order valence-electron chi connectivity index (χ4n) is 1.04. The predicted octanol–water partition coefficient (Wildman–Crippen LogP) is 1.17. The highest BCUT2D eigenvalue weighted by molar-refractivity contribution is 5.50. The minimum atomic E-state index is 0.936. The van der Waals surface area contributed by atoms with Gasteiger partial charge in [-0.2, -0.15) is 5.10 Å². The molecule has 0 saturated carbocycles. The summed E-state index contributed by atoms with van der Waals surface area (Å²) in [7, 11) is 0. The Morgan fingerprint density at radius 3 is 3.50 bits per heavy atom. The van der Waals surface area contributed by atoms with Crippen LogP contribution in [0.1, 0.15) is 6.92 Å². The van der Waals surface area contributed by atoms with Gasteiger partial charge < -0.3 is 5.32 Å². The summed E-state index contributed by atoms with van der Waals surface area (Å²) in [5, 5.41) is 7.31. The number of fused-ring (bicyclic) bond motifs is 1. The Labute approximate surface area is 59.4 Å². The largest absolute Gasteiger partial charge is 0.366 e. The van der Waals surface area contributed by atoms with Crippen LogP contribution in [0.2, 0.25) is 0 Å². The molecule has 1 aliphatic rings. The van der Waals surface area contributed by atoms with Crippen molar-refractivity contribution >= 4 is 12.0 Å². The molecule has 52 valence electrons. The van der Waals surface area contributed by atoms with Crippen molar-refractivity contribution in [3.05, 3.63) is 17.8 Å². The van der Waals surface area contributed by atoms with Gasteiger partial charge in [0.2, 0.25) is 0 Å². The highest BCUT2D eigenvalue weighted by Gasteiger charge is 2.04. The number of anilines is 1. The molecule has 1 aromatic heterocycles. The first-order valence-corrected chi connectivity index (χ1v) is 3.31. The third-order valence-corrected chi connectivity index (χ3v) is 1.56. The van der Waals surface area contributed by atoms with Gasteiger partial charge in [-0.25, -0.2) is 4.68 Å². The van der Waals surface area contributed by atoms with Crippen LogP contribution in [-0.4, -0.2) is 16.3 Å². The van der Waals surface area contributed by atoms with Gasteiger partial charge in [-0.3, -0.25) is 0 Å². The van der Waals surface area contributed by atoms with Crippen molar-refractivity contribution in [1.82, 2.24) is 9.78 Å². The lowest BCUT2D eigenvalue weighted by Crippen LogP contribution is -2.12. The molecule has 0 amide bonds. The molecule has 3 heteroatoms. The van der Waals surface area contributed by atoms with Crippen LogP contribution in [0.4, 0.5) is 5.82 Å². The van der Waals surface area contributed by atoms with Gasteiger partial charge in [0.15, 0.2) is 0 Å². The van der Waals surface area contributed by atoms with Gasteiger partial charge in [0.1, 0.15) is 5.82 Å². The van der Waals surface area contributed by atoms with Crippen LogP contribution >= 0.6 is 0 Å². The van der Waals surface area contributed by atoms with Gasteiger partial charge in [-0.15, -0.1) is 0 Å². The van der Waals surface area contributed by atoms with Crippen molar-refractivity contribution in [3.63, 3.8) is 0 Å². The van der Waals surface area contributed by atoms with Gasteiger partial charge in [0.05, 0.1) is 6.20 Å². The number of hydrogen-bond acceptors (Lipinski definition) is 2. The van der Waals surface area contributed by atoms with Gasteiger partial charge in [0.25, 0.3) is 0 Å². The van der Waals surface area contributed by atoms with Crippen LogP contribution in [0.25, 0.3) is 6.20 Å². The van der Waals surface area contributed by atoms with E-state index >= 15 is 0 Å². The van der Waals surface area contributed by atoms with Crippen LogP contribution < -0.4 is 5.32 Å². The molecule has 2 rings (SSSR count). The SMILES string of the molecule is CC1=Cn2nccc2NC1. The molecular weight excluding hydrogens is 126 g/mol. The topological polar surface area (TPSA) is 29.9 Å². The monoisotopic (exact) mass is 135 g/mol. The van der Waals surface area contributed by atoms with Crippen molar-refractivity contribution in [2.45, 2.75) is 6.92 Å². The standard InChI is InChI=1S/C7H9N3/c1-6-4-8-7-2-3-9-10(7)5-6/h2-3,5,8H,4H2,1H3. The van der Waals surface area contributed by atoms with E-state index in [0.717, 1.165) is 12.4 Å². The summed E-state index contributed by atoms with van der Waals surface area (Å²) in [6.45, 7) is 3.02. The van der Waals surface area contributed by atoms with Gasteiger partial charge >= 0.3 is 0 Å². The van der Waals surface area contributed by atoms with E-state index in [1.54, 1.807) is 6.20 Å². The molecule has 0 radical (unpaired) electrons. The normalized spacial score (nSPS) is 15.5. The van der Waals surface area contributed by atoms with Crippen LogP contribution in [0.5, 0.6) is 0 Å². The van der Waals surface area contributed by atoms with Crippen LogP contribution in [0, 0.1) is 0 Å². The molecule has 10 heavy (non-hydrogen) atoms. The predicted molar refractivity (Wildman–Crippen MR) is 40.7 cm³/mol. The lowest BCUT2D eigenvalue weighted by atomic mass is 10.3. The maximum absolute atomic E-state index is 4.08. The molecule has 0 spiro atoms. The molecule has 1 aliphatic heterocycles. The molecular formula is C7H9N3. The highest BCUT2D eigenvalue weighted by Crippen LogP contribution is 2.13. The molecule has 0 fully saturated rings. The molecule has 0 saturated heterocycles. The van der Waals surface area contributed by atoms with E-state index in [-0.39, 0.29) is 0 Å². The fraction of sp³-hybridized carbons (Fsp3) is 0.286. The van der Waals surface area contributed by atoms with E-state index in [1.165, 1.54) is 5.57 Å². The van der Waals surface area contributed by atoms with E-state index < -0.39 is 0 Å². The first kappa shape index (κ1) is 5.53. The number of rotatable bonds is 0. The smallest absolute Gasteiger partial charge is 0.129 e. The average molecular weight is 135 g/mol. The third kappa shape index (κ3) is 0.708. The lowest BCUT2D eigenvalue weighted by Gasteiger charge is -2.12. The molecule has 1 N–H and O–H groups in total. The Kier molecular flexibility index (Phi) is 1.03. The molecule has 0 unspecified atom stereocenters. The molecule has 0 atom stereocenters. The maximum Gasteiger partial charge on any atom is 0.129 e. The Morgan fingerprint density at radius 1 is 1.70 bits per heavy atom. The molecule has 1 aromatic rings. The summed E-state index contributed by atoms with van der Waals surface area (Å²) < 4.78 is 1.85. The van der Waals surface area contributed by atoms with Gasteiger partial charge in [-0.1, -0.05) is 0 Å². The van der Waals surface area contributed by atoms with Crippen molar-refractivity contribution in [1.29, 1.82) is 0 Å². The first-order chi connectivity index (χ1) is 4.86. The Bertz CT molecular complexity index is 272. The Balaban J connectivity index is 2.50. The molecule has 0 aliphatic carbocycles. The van der Waals surface area contributed by atoms with E-state index in [0.29, 0.717) is 0 Å². The molecule has 2 heterocycles. The summed E-state index contributed by atoms with van der Waals surface area (Å²) in [6, 6.07) is 1.96. The zero-order valence-corrected chi connectivity index (χ0v) is 5.83. The summed E-state index contributed by atoms with van der Waals surface area (Å²) in [6.07, 6.45) is 3.82. The second-order valence-corrected chi connectivity index (χ2v) is 2.49. The summed E-state index contributed by atoms with van der Waals surface area (Å²) in [5.41, 5.74) is 1.30. The first-order valence-electron chi connectivity index (χ1n) is 3.31. The van der Waals surface area contributed by atoms with E-state index in [4.69, 9.17) is 0 Å². The van der Waals surface area contributed by atoms with Crippen LogP contribution in [0.15, 0.2) is 17.8 Å². The van der Waals surface area contributed by atoms with Crippen molar-refractivity contribution in [2.24, 2.45) is 0 Å². The van der Waals surface area contributed by atoms with Crippen molar-refractivity contribution in [2.75, 3.05) is 11.9 Å². The van der Waals surface area contributed by atoms with Crippen LogP contribution in [0.3, 0.4) is 0 Å². The Hall–Kier alpha value is -1.25. The maximum atomic E-state index is 4.08. The number of hydrogen-bond donors (Lipinski definition) is 1. The summed E-state index contributed by atoms with van der Waals surface area (Å²) in [4.78, 5) is 0. The average Bonchev–Trinajstić information content (AvgIpc) is 2.33. The minimum absolute atomic E-state index is 0.936. The minimum Gasteiger partial charge on any atom is -0.366 e. The second-order valence-electron chi connectivity index (χ2n) is 2.49. The highest BCUT2D eigenvalue weighted by atomic mass is 15.3. The third-order valence-electron chi connectivity index (χ3n) is 1.56. The zero-order chi connectivity index (χ0) is 6.97. The number of nitrogens with zero attached hydrogens (tertiary/aromatic N) is 2. The van der Waals surface area contributed by atoms with E-state index in [9.17, 15) is 0 Å². The second kappa shape index (κ2) is 1.87. The van der Waals surface area contributed by atoms with E-state index in [1.807, 2.05) is 16.9 Å². The number of aromatic nitrogens is 2. The quantitative estimate of drug-likeness (QED) is 0.578. The van der Waals surface area contributed by atoms with Crippen molar-refractivity contribution in [3.8, 4) is 0 Å². The van der Waals surface area contributed by atoms with Gasteiger partial charge in [0, 0.05) is 18.8 Å². The number of nitrogens with one attached hydrogen (secondary N) is 1. The Morgan fingerprint density at radius 2 is 2.60 bits per heavy atom. The zero-order valence-electron chi connectivity index (χ0n) is 5.83. The van der Waals surface area contributed by atoms with Crippen molar-refractivity contribution < 1.29 is 0 Å². The molecule has 0 aromatic carbocycles.